The molecule has 0 unspecified atom stereocenters. The second-order valence-electron chi connectivity index (χ2n) is 7.15. The molecule has 0 spiro atoms. The van der Waals surface area contributed by atoms with Crippen molar-refractivity contribution in [3.8, 4) is 17.2 Å². The van der Waals surface area contributed by atoms with Crippen molar-refractivity contribution in [3.63, 3.8) is 0 Å². The fourth-order valence-electron chi connectivity index (χ4n) is 4.38. The van der Waals surface area contributed by atoms with Gasteiger partial charge in [0.2, 0.25) is 0 Å². The Morgan fingerprint density at radius 1 is 0.923 bits per heavy atom. The van der Waals surface area contributed by atoms with Crippen LogP contribution in [0.5, 0.6) is 11.5 Å². The number of fused-ring (bicyclic) bond motifs is 7. The van der Waals surface area contributed by atoms with Crippen LogP contribution in [0.2, 0.25) is 0 Å². The van der Waals surface area contributed by atoms with E-state index < -0.39 is 0 Å². The molecule has 0 atom stereocenters. The first-order valence-electron chi connectivity index (χ1n) is 8.79. The molecule has 0 bridgehead atoms. The molecule has 5 heteroatoms. The smallest absolute Gasteiger partial charge is 0.357 e. The molecule has 1 aromatic heterocycles. The number of benzene rings is 3. The van der Waals surface area contributed by atoms with Crippen molar-refractivity contribution in [2.75, 3.05) is 0 Å². The first-order valence-corrected chi connectivity index (χ1v) is 8.79. The number of hydrogen-bond acceptors (Lipinski definition) is 2. The molecule has 26 heavy (non-hydrogen) atoms. The van der Waals surface area contributed by atoms with Crippen molar-refractivity contribution >= 4 is 28.7 Å². The molecule has 3 aromatic carbocycles. The summed E-state index contributed by atoms with van der Waals surface area (Å²) >= 11 is 0. The van der Waals surface area contributed by atoms with Crippen LogP contribution in [0.1, 0.15) is 11.1 Å². The summed E-state index contributed by atoms with van der Waals surface area (Å²) in [5, 5.41) is 0.750. The van der Waals surface area contributed by atoms with Gasteiger partial charge in [0.15, 0.2) is 0 Å². The van der Waals surface area contributed by atoms with Gasteiger partial charge in [-0.3, -0.25) is 4.79 Å². The highest BCUT2D eigenvalue weighted by Crippen LogP contribution is 2.33. The molecular weight excluding hydrogens is 323 g/mol. The Bertz CT molecular complexity index is 1320. The van der Waals surface area contributed by atoms with Crippen molar-refractivity contribution in [2.45, 2.75) is 13.8 Å². The highest BCUT2D eigenvalue weighted by molar-refractivity contribution is 6.87. The van der Waals surface area contributed by atoms with Gasteiger partial charge >= 0.3 is 6.85 Å². The molecule has 2 aliphatic heterocycles. The number of nitrogens with zero attached hydrogens (tertiary/aromatic N) is 2. The molecule has 6 rings (SSSR count). The highest BCUT2D eigenvalue weighted by Gasteiger charge is 2.43. The van der Waals surface area contributed by atoms with E-state index in [4.69, 9.17) is 4.74 Å². The second-order valence-corrected chi connectivity index (χ2v) is 7.15. The summed E-state index contributed by atoms with van der Waals surface area (Å²) in [5.74, 6) is 1.71. The normalized spacial score (nSPS) is 13.4. The molecular formula is C21H15BN2O2. The van der Waals surface area contributed by atoms with Crippen molar-refractivity contribution in [2.24, 2.45) is 0 Å². The number of ether oxygens (including phenoxy) is 1. The fourth-order valence-corrected chi connectivity index (χ4v) is 4.38. The van der Waals surface area contributed by atoms with E-state index >= 15 is 0 Å². The van der Waals surface area contributed by atoms with E-state index in [0.717, 1.165) is 39.0 Å². The molecule has 0 fully saturated rings. The van der Waals surface area contributed by atoms with Gasteiger partial charge in [-0.25, -0.2) is 4.68 Å². The summed E-state index contributed by atoms with van der Waals surface area (Å²) in [5.41, 5.74) is 6.51. The minimum Gasteiger partial charge on any atom is -0.458 e. The molecule has 2 aliphatic rings. The monoisotopic (exact) mass is 338 g/mol. The van der Waals surface area contributed by atoms with E-state index in [-0.39, 0.29) is 12.4 Å². The summed E-state index contributed by atoms with van der Waals surface area (Å²) in [7, 11) is 0. The molecule has 4 nitrogen and oxygen atoms in total. The van der Waals surface area contributed by atoms with Gasteiger partial charge in [-0.15, -0.1) is 0 Å². The summed E-state index contributed by atoms with van der Waals surface area (Å²) in [6, 6.07) is 18.1. The Labute approximate surface area is 150 Å². The average Bonchev–Trinajstić information content (AvgIpc) is 3.13. The number of aromatic nitrogens is 2. The van der Waals surface area contributed by atoms with E-state index in [1.807, 2.05) is 47.1 Å². The predicted octanol–water partition coefficient (Wildman–Crippen LogP) is 2.48. The fraction of sp³-hybridized carbons (Fsp3) is 0.0952. The van der Waals surface area contributed by atoms with Gasteiger partial charge in [0.1, 0.15) is 11.5 Å². The van der Waals surface area contributed by atoms with Crippen molar-refractivity contribution in [1.82, 2.24) is 9.27 Å². The van der Waals surface area contributed by atoms with E-state index in [9.17, 15) is 4.79 Å². The van der Waals surface area contributed by atoms with Crippen LogP contribution >= 0.6 is 0 Å². The van der Waals surface area contributed by atoms with Crippen molar-refractivity contribution in [3.05, 3.63) is 76.1 Å². The van der Waals surface area contributed by atoms with Gasteiger partial charge in [0.25, 0.3) is 5.56 Å². The maximum Gasteiger partial charge on any atom is 0.357 e. The SMILES string of the molecule is Cc1cc2c(cc1C)B1c3c(cccc3-n3c(=O)c4ccccc4n31)O2. The van der Waals surface area contributed by atoms with Crippen LogP contribution < -0.4 is 21.2 Å². The van der Waals surface area contributed by atoms with Crippen LogP contribution in [0.15, 0.2) is 59.4 Å². The lowest BCUT2D eigenvalue weighted by molar-refractivity contribution is 0.487. The number of para-hydroxylation sites is 1. The van der Waals surface area contributed by atoms with Crippen molar-refractivity contribution < 1.29 is 4.74 Å². The molecule has 124 valence electrons. The zero-order valence-electron chi connectivity index (χ0n) is 14.5. The zero-order valence-corrected chi connectivity index (χ0v) is 14.5. The van der Waals surface area contributed by atoms with Crippen LogP contribution in [0.4, 0.5) is 0 Å². The molecule has 0 amide bonds. The third kappa shape index (κ3) is 1.50. The Balaban J connectivity index is 1.81. The van der Waals surface area contributed by atoms with Crippen LogP contribution in [-0.4, -0.2) is 16.1 Å². The zero-order chi connectivity index (χ0) is 17.6. The summed E-state index contributed by atoms with van der Waals surface area (Å²) in [4.78, 5) is 13.1. The van der Waals surface area contributed by atoms with Crippen LogP contribution in [0.3, 0.4) is 0 Å². The molecule has 3 heterocycles. The number of rotatable bonds is 0. The van der Waals surface area contributed by atoms with Crippen LogP contribution in [-0.2, 0) is 0 Å². The summed E-state index contributed by atoms with van der Waals surface area (Å²) in [6.07, 6.45) is 0. The van der Waals surface area contributed by atoms with Gasteiger partial charge in [-0.05, 0) is 60.8 Å². The first-order chi connectivity index (χ1) is 12.6. The minimum absolute atomic E-state index is 0.0220. The van der Waals surface area contributed by atoms with E-state index in [0.29, 0.717) is 0 Å². The lowest BCUT2D eigenvalue weighted by Gasteiger charge is -2.24. The first kappa shape index (κ1) is 14.0. The maximum absolute atomic E-state index is 13.1. The third-order valence-corrected chi connectivity index (χ3v) is 5.72. The second kappa shape index (κ2) is 4.49. The Hall–Kier alpha value is -3.21. The summed E-state index contributed by atoms with van der Waals surface area (Å²) in [6.45, 7) is 4.17. The maximum atomic E-state index is 13.1. The van der Waals surface area contributed by atoms with Crippen LogP contribution in [0.25, 0.3) is 16.6 Å². The molecule has 0 N–H and O–H groups in total. The van der Waals surface area contributed by atoms with Gasteiger partial charge in [0, 0.05) is 5.46 Å². The van der Waals surface area contributed by atoms with Gasteiger partial charge < -0.3 is 9.33 Å². The van der Waals surface area contributed by atoms with Crippen molar-refractivity contribution in [1.29, 1.82) is 0 Å². The third-order valence-electron chi connectivity index (χ3n) is 5.72. The standard InChI is InChI=1S/C21H15BN2O2/c1-12-10-15-19(11-13(12)2)26-18-9-5-8-17-20(18)22(15)24-16-7-4-3-6-14(16)21(25)23(17)24/h3-11H,1-2H3. The van der Waals surface area contributed by atoms with E-state index in [2.05, 4.69) is 30.6 Å². The van der Waals surface area contributed by atoms with E-state index in [1.54, 1.807) is 0 Å². The molecule has 0 saturated carbocycles. The Kier molecular flexibility index (Phi) is 2.42. The van der Waals surface area contributed by atoms with E-state index in [1.165, 1.54) is 11.1 Å². The van der Waals surface area contributed by atoms with Gasteiger partial charge in [-0.2, -0.15) is 0 Å². The lowest BCUT2D eigenvalue weighted by Crippen LogP contribution is -2.49. The number of aryl methyl sites for hydroxylation is 2. The molecule has 0 saturated heterocycles. The summed E-state index contributed by atoms with van der Waals surface area (Å²) < 4.78 is 10.2. The highest BCUT2D eigenvalue weighted by atomic mass is 16.5. The minimum atomic E-state index is -0.0446. The Morgan fingerprint density at radius 2 is 1.73 bits per heavy atom. The number of hydrogen-bond donors (Lipinski definition) is 0. The lowest BCUT2D eigenvalue weighted by atomic mass is 9.49. The topological polar surface area (TPSA) is 36.2 Å². The van der Waals surface area contributed by atoms with Gasteiger partial charge in [0.05, 0.1) is 16.6 Å². The Morgan fingerprint density at radius 3 is 2.62 bits per heavy atom. The van der Waals surface area contributed by atoms with Crippen LogP contribution in [0, 0.1) is 13.8 Å². The predicted molar refractivity (Wildman–Crippen MR) is 104 cm³/mol. The van der Waals surface area contributed by atoms with Gasteiger partial charge in [-0.1, -0.05) is 24.3 Å². The largest absolute Gasteiger partial charge is 0.458 e. The average molecular weight is 338 g/mol. The quantitative estimate of drug-likeness (QED) is 0.399. The molecule has 0 radical (unpaired) electrons. The molecule has 0 aliphatic carbocycles. The molecule has 4 aromatic rings.